The summed E-state index contributed by atoms with van der Waals surface area (Å²) in [4.78, 5) is 11.8. The van der Waals surface area contributed by atoms with Crippen LogP contribution in [-0.4, -0.2) is 5.78 Å². The van der Waals surface area contributed by atoms with Crippen molar-refractivity contribution in [3.8, 4) is 0 Å². The molecule has 0 aliphatic carbocycles. The van der Waals surface area contributed by atoms with Crippen LogP contribution in [0.1, 0.15) is 10.4 Å². The third kappa shape index (κ3) is 7.57. The average Bonchev–Trinajstić information content (AvgIpc) is 2.39. The largest absolute Gasteiger partial charge is 0.287 e. The molecule has 0 bridgehead atoms. The maximum absolute atomic E-state index is 11.8. The number of Topliss-reactive ketones (excluding diaryl/α,β-unsaturated/α-hetero) is 1. The van der Waals surface area contributed by atoms with Crippen LogP contribution in [0.5, 0.6) is 0 Å². The number of benzene rings is 1. The number of carbonyl (C=O) groups is 1. The molecule has 0 saturated heterocycles. The lowest BCUT2D eigenvalue weighted by Crippen LogP contribution is -2.68. The Morgan fingerprint density at radius 1 is 0.900 bits per heavy atom. The molecule has 1 aromatic heterocycles. The maximum atomic E-state index is 11.8. The van der Waals surface area contributed by atoms with E-state index in [4.69, 9.17) is 18.6 Å². The number of rotatable bonds is 3. The monoisotopic (exact) mass is 297 g/mol. The third-order valence-corrected chi connectivity index (χ3v) is 2.20. The van der Waals surface area contributed by atoms with Gasteiger partial charge in [0.25, 0.3) is 0 Å². The Balaban J connectivity index is 0.000000347. The lowest BCUT2D eigenvalue weighted by atomic mass is 10.1. The van der Waals surface area contributed by atoms with E-state index >= 15 is 0 Å². The first-order valence-corrected chi connectivity index (χ1v) is 6.74. The maximum Gasteiger partial charge on any atom is 0.227 e. The SMILES string of the molecule is O=C(C[n+]1ccccc1)c1ccccc1.[O-][Cl+3]([O-])([O-])[O-]. The highest BCUT2D eigenvalue weighted by molar-refractivity contribution is 5.94. The van der Waals surface area contributed by atoms with Crippen molar-refractivity contribution in [1.29, 1.82) is 0 Å². The number of pyridine rings is 1. The highest BCUT2D eigenvalue weighted by Gasteiger charge is 2.10. The van der Waals surface area contributed by atoms with E-state index in [9.17, 15) is 4.79 Å². The van der Waals surface area contributed by atoms with Gasteiger partial charge in [-0.05, 0) is 0 Å². The molecule has 1 aromatic carbocycles. The third-order valence-electron chi connectivity index (χ3n) is 2.20. The zero-order chi connectivity index (χ0) is 15.0. The van der Waals surface area contributed by atoms with E-state index in [1.165, 1.54) is 0 Å². The van der Waals surface area contributed by atoms with Crippen molar-refractivity contribution < 1.29 is 38.2 Å². The number of halogens is 1. The van der Waals surface area contributed by atoms with Gasteiger partial charge in [0.2, 0.25) is 12.3 Å². The zero-order valence-electron chi connectivity index (χ0n) is 10.3. The predicted octanol–water partition coefficient (Wildman–Crippen LogP) is -2.90. The summed E-state index contributed by atoms with van der Waals surface area (Å²) >= 11 is 0. The second-order valence-corrected chi connectivity index (χ2v) is 4.47. The molecule has 0 radical (unpaired) electrons. The van der Waals surface area contributed by atoms with Crippen molar-refractivity contribution in [2.45, 2.75) is 6.54 Å². The number of hydrogen-bond acceptors (Lipinski definition) is 5. The van der Waals surface area contributed by atoms with E-state index in [-0.39, 0.29) is 5.78 Å². The number of carbonyl (C=O) groups excluding carboxylic acids is 1. The van der Waals surface area contributed by atoms with Crippen LogP contribution in [0.3, 0.4) is 0 Å². The summed E-state index contributed by atoms with van der Waals surface area (Å²) in [6.45, 7) is 0.394. The number of hydrogen-bond donors (Lipinski definition) is 0. The second-order valence-electron chi connectivity index (χ2n) is 3.71. The molecule has 1 heterocycles. The summed E-state index contributed by atoms with van der Waals surface area (Å²) in [6.07, 6.45) is 3.78. The molecule has 0 atom stereocenters. The first-order valence-electron chi connectivity index (χ1n) is 5.50. The Bertz CT molecular complexity index is 521. The second kappa shape index (κ2) is 7.68. The Labute approximate surface area is 117 Å². The molecule has 0 fully saturated rings. The van der Waals surface area contributed by atoms with E-state index in [0.717, 1.165) is 5.56 Å². The molecule has 0 aliphatic rings. The molecular formula is C13H12ClNO5. The fraction of sp³-hybridized carbons (Fsp3) is 0.0769. The van der Waals surface area contributed by atoms with Gasteiger partial charge >= 0.3 is 0 Å². The van der Waals surface area contributed by atoms with Gasteiger partial charge in [0.15, 0.2) is 12.4 Å². The minimum absolute atomic E-state index is 0.131. The van der Waals surface area contributed by atoms with Gasteiger partial charge in [-0.3, -0.25) is 4.79 Å². The van der Waals surface area contributed by atoms with Crippen LogP contribution in [0.2, 0.25) is 0 Å². The van der Waals surface area contributed by atoms with E-state index in [1.54, 1.807) is 0 Å². The Morgan fingerprint density at radius 3 is 1.85 bits per heavy atom. The smallest absolute Gasteiger partial charge is 0.227 e. The first kappa shape index (κ1) is 16.2. The van der Waals surface area contributed by atoms with Gasteiger partial charge in [-0.1, -0.05) is 36.4 Å². The van der Waals surface area contributed by atoms with E-state index < -0.39 is 10.2 Å². The molecule has 0 N–H and O–H groups in total. The minimum Gasteiger partial charge on any atom is -0.287 e. The van der Waals surface area contributed by atoms with E-state index in [2.05, 4.69) is 0 Å². The van der Waals surface area contributed by atoms with Gasteiger partial charge in [0.05, 0.1) is 0 Å². The summed E-state index contributed by atoms with van der Waals surface area (Å²) in [5.41, 5.74) is 0.758. The van der Waals surface area contributed by atoms with Crippen LogP contribution in [0.25, 0.3) is 0 Å². The van der Waals surface area contributed by atoms with Crippen molar-refractivity contribution in [3.05, 3.63) is 66.5 Å². The molecule has 0 aliphatic heterocycles. The molecule has 0 amide bonds. The lowest BCUT2D eigenvalue weighted by molar-refractivity contribution is -2.00. The molecule has 7 heteroatoms. The first-order chi connectivity index (χ1) is 9.36. The van der Waals surface area contributed by atoms with E-state index in [0.29, 0.717) is 6.54 Å². The van der Waals surface area contributed by atoms with Gasteiger partial charge in [-0.25, -0.2) is 18.6 Å². The van der Waals surface area contributed by atoms with Crippen LogP contribution in [-0.2, 0) is 6.54 Å². The van der Waals surface area contributed by atoms with Crippen molar-refractivity contribution in [2.75, 3.05) is 0 Å². The van der Waals surface area contributed by atoms with Crippen molar-refractivity contribution >= 4 is 5.78 Å². The molecule has 2 aromatic rings. The van der Waals surface area contributed by atoms with Gasteiger partial charge in [-0.15, -0.1) is 10.2 Å². The van der Waals surface area contributed by atoms with Crippen molar-refractivity contribution in [1.82, 2.24) is 0 Å². The van der Waals surface area contributed by atoms with Crippen LogP contribution in [0.15, 0.2) is 60.9 Å². The highest BCUT2D eigenvalue weighted by Crippen LogP contribution is 1.99. The number of aromatic nitrogens is 1. The predicted molar refractivity (Wildman–Crippen MR) is 57.4 cm³/mol. The molecule has 0 saturated carbocycles. The van der Waals surface area contributed by atoms with Crippen LogP contribution in [0.4, 0.5) is 0 Å². The standard InChI is InChI=1S/C13H12NO.ClHO4/c15-13(12-7-3-1-4-8-12)11-14-9-5-2-6-10-14;2-1(3,4)5/h1-10H,11H2;(H,2,3,4,5)/q+1;/p-1. The molecule has 106 valence electrons. The lowest BCUT2D eigenvalue weighted by Gasteiger charge is -2.17. The minimum atomic E-state index is -4.94. The van der Waals surface area contributed by atoms with Crippen molar-refractivity contribution in [2.24, 2.45) is 0 Å². The van der Waals surface area contributed by atoms with Gasteiger partial charge in [-0.2, -0.15) is 4.57 Å². The molecule has 2 rings (SSSR count). The highest BCUT2D eigenvalue weighted by atomic mass is 35.7. The summed E-state index contributed by atoms with van der Waals surface area (Å²) in [5, 5.41) is 0. The molecule has 0 unspecified atom stereocenters. The molecule has 0 spiro atoms. The summed E-state index contributed by atoms with van der Waals surface area (Å²) in [5.74, 6) is 0.131. The Morgan fingerprint density at radius 2 is 1.35 bits per heavy atom. The topological polar surface area (TPSA) is 113 Å². The van der Waals surface area contributed by atoms with Crippen molar-refractivity contribution in [3.63, 3.8) is 0 Å². The molecule has 20 heavy (non-hydrogen) atoms. The summed E-state index contributed by atoms with van der Waals surface area (Å²) in [6, 6.07) is 15.1. The summed E-state index contributed by atoms with van der Waals surface area (Å²) < 4.78 is 35.8. The van der Waals surface area contributed by atoms with Gasteiger partial charge in [0, 0.05) is 17.7 Å². The number of ketones is 1. The number of nitrogens with zero attached hydrogens (tertiary/aromatic N) is 1. The Hall–Kier alpha value is -1.83. The zero-order valence-corrected chi connectivity index (χ0v) is 11.1. The van der Waals surface area contributed by atoms with Crippen LogP contribution < -0.4 is 23.2 Å². The normalized spacial score (nSPS) is 10.4. The van der Waals surface area contributed by atoms with Gasteiger partial charge < -0.3 is 0 Å². The summed E-state index contributed by atoms with van der Waals surface area (Å²) in [7, 11) is -4.94. The van der Waals surface area contributed by atoms with E-state index in [1.807, 2.05) is 65.5 Å². The molecular weight excluding hydrogens is 286 g/mol. The average molecular weight is 298 g/mol. The molecule has 6 nitrogen and oxygen atoms in total. The van der Waals surface area contributed by atoms with Crippen LogP contribution >= 0.6 is 0 Å². The Kier molecular flexibility index (Phi) is 6.23. The fourth-order valence-corrected chi connectivity index (χ4v) is 1.42. The van der Waals surface area contributed by atoms with Gasteiger partial charge in [0.1, 0.15) is 0 Å². The quantitative estimate of drug-likeness (QED) is 0.445. The fourth-order valence-electron chi connectivity index (χ4n) is 1.42. The van der Waals surface area contributed by atoms with Crippen LogP contribution in [0, 0.1) is 10.2 Å².